The molecule has 0 spiro atoms. The van der Waals surface area contributed by atoms with Gasteiger partial charge in [0.1, 0.15) is 11.6 Å². The van der Waals surface area contributed by atoms with Crippen molar-refractivity contribution >= 4 is 23.3 Å². The molecule has 2 aliphatic rings. The first-order chi connectivity index (χ1) is 14.3. The van der Waals surface area contributed by atoms with E-state index in [0.717, 1.165) is 11.6 Å². The highest BCUT2D eigenvalue weighted by Crippen LogP contribution is 2.37. The maximum Gasteiger partial charge on any atom is 0.307 e. The van der Waals surface area contributed by atoms with E-state index in [2.05, 4.69) is 9.98 Å². The molecule has 1 aromatic carbocycles. The van der Waals surface area contributed by atoms with Crippen molar-refractivity contribution in [1.82, 2.24) is 4.98 Å². The van der Waals surface area contributed by atoms with Crippen LogP contribution in [0, 0.1) is 11.6 Å². The number of hydrogen-bond donors (Lipinski definition) is 1. The molecule has 0 bridgehead atoms. The van der Waals surface area contributed by atoms with E-state index in [1.807, 2.05) is 0 Å². The normalized spacial score (nSPS) is 18.9. The molecule has 30 heavy (non-hydrogen) atoms. The number of nitrogens with zero attached hydrogens (tertiary/aromatic N) is 3. The van der Waals surface area contributed by atoms with Gasteiger partial charge >= 0.3 is 5.97 Å². The van der Waals surface area contributed by atoms with Crippen molar-refractivity contribution in [3.63, 3.8) is 0 Å². The van der Waals surface area contributed by atoms with Gasteiger partial charge in [-0.15, -0.1) is 0 Å². The fourth-order valence-electron chi connectivity index (χ4n) is 4.05. The molecule has 6 nitrogen and oxygen atoms in total. The minimum absolute atomic E-state index is 0.177. The fraction of sp³-hybridized carbons (Fsp3) is 0.273. The SMILES string of the molecule is CC1=NC(c2cc(F)cc(F)c2)CC2=C1C(=O)N(c1cncc(CC(=O)O)c1)CC2. The second-order valence-electron chi connectivity index (χ2n) is 7.44. The van der Waals surface area contributed by atoms with E-state index in [-0.39, 0.29) is 12.3 Å². The molecule has 0 saturated carbocycles. The monoisotopic (exact) mass is 411 g/mol. The second kappa shape index (κ2) is 7.78. The minimum Gasteiger partial charge on any atom is -0.481 e. The summed E-state index contributed by atoms with van der Waals surface area (Å²) in [6.45, 7) is 2.13. The maximum atomic E-state index is 13.6. The van der Waals surface area contributed by atoms with E-state index in [1.165, 1.54) is 24.5 Å². The molecular weight excluding hydrogens is 392 g/mol. The molecule has 1 amide bonds. The Morgan fingerprint density at radius 2 is 1.93 bits per heavy atom. The molecule has 0 radical (unpaired) electrons. The third-order valence-electron chi connectivity index (χ3n) is 5.32. The van der Waals surface area contributed by atoms with E-state index in [0.29, 0.717) is 47.5 Å². The van der Waals surface area contributed by atoms with E-state index < -0.39 is 23.6 Å². The van der Waals surface area contributed by atoms with Crippen LogP contribution in [0.15, 0.2) is 52.8 Å². The number of carbonyl (C=O) groups excluding carboxylic acids is 1. The van der Waals surface area contributed by atoms with Gasteiger partial charge in [-0.2, -0.15) is 0 Å². The summed E-state index contributed by atoms with van der Waals surface area (Å²) in [5.41, 5.74) is 3.43. The number of benzene rings is 1. The van der Waals surface area contributed by atoms with Gasteiger partial charge in [-0.3, -0.25) is 19.6 Å². The highest BCUT2D eigenvalue weighted by atomic mass is 19.1. The number of aromatic nitrogens is 1. The molecule has 1 atom stereocenters. The fourth-order valence-corrected chi connectivity index (χ4v) is 4.05. The Morgan fingerprint density at radius 3 is 2.63 bits per heavy atom. The van der Waals surface area contributed by atoms with Crippen LogP contribution in [0.25, 0.3) is 0 Å². The number of dihydropyridines is 1. The predicted molar refractivity (Wildman–Crippen MR) is 106 cm³/mol. The minimum atomic E-state index is -0.973. The molecule has 2 aromatic rings. The molecule has 4 rings (SSSR count). The predicted octanol–water partition coefficient (Wildman–Crippen LogP) is 3.63. The van der Waals surface area contributed by atoms with Gasteiger partial charge in [-0.25, -0.2) is 8.78 Å². The van der Waals surface area contributed by atoms with Gasteiger partial charge in [0.05, 0.1) is 29.9 Å². The number of hydrogen-bond acceptors (Lipinski definition) is 4. The zero-order valence-electron chi connectivity index (χ0n) is 16.2. The molecule has 154 valence electrons. The Morgan fingerprint density at radius 1 is 1.20 bits per heavy atom. The molecule has 0 fully saturated rings. The van der Waals surface area contributed by atoms with Crippen molar-refractivity contribution < 1.29 is 23.5 Å². The van der Waals surface area contributed by atoms with E-state index in [1.54, 1.807) is 17.9 Å². The molecule has 0 aliphatic carbocycles. The Kier molecular flexibility index (Phi) is 5.15. The molecule has 3 heterocycles. The maximum absolute atomic E-state index is 13.6. The second-order valence-corrected chi connectivity index (χ2v) is 7.44. The van der Waals surface area contributed by atoms with Gasteiger partial charge < -0.3 is 10.0 Å². The summed E-state index contributed by atoms with van der Waals surface area (Å²) in [6, 6.07) is 4.58. The Balaban J connectivity index is 1.61. The average Bonchev–Trinajstić information content (AvgIpc) is 2.66. The molecule has 0 saturated heterocycles. The highest BCUT2D eigenvalue weighted by molar-refractivity contribution is 6.26. The number of amides is 1. The molecule has 1 unspecified atom stereocenters. The summed E-state index contributed by atoms with van der Waals surface area (Å²) in [5.74, 6) is -2.51. The van der Waals surface area contributed by atoms with Crippen LogP contribution >= 0.6 is 0 Å². The van der Waals surface area contributed by atoms with Crippen LogP contribution in [0.2, 0.25) is 0 Å². The summed E-state index contributed by atoms with van der Waals surface area (Å²) in [7, 11) is 0. The topological polar surface area (TPSA) is 82.9 Å². The van der Waals surface area contributed by atoms with Gasteiger partial charge in [0.15, 0.2) is 0 Å². The van der Waals surface area contributed by atoms with Crippen LogP contribution in [0.4, 0.5) is 14.5 Å². The van der Waals surface area contributed by atoms with Crippen LogP contribution < -0.4 is 4.90 Å². The van der Waals surface area contributed by atoms with Gasteiger partial charge in [-0.05, 0) is 49.1 Å². The number of aliphatic imine (C=N–C) groups is 1. The van der Waals surface area contributed by atoms with Gasteiger partial charge in [0, 0.05) is 24.5 Å². The zero-order chi connectivity index (χ0) is 21.4. The number of anilines is 1. The number of halogens is 2. The van der Waals surface area contributed by atoms with E-state index >= 15 is 0 Å². The first kappa shape index (κ1) is 19.9. The number of carboxylic acid groups (broad SMARTS) is 1. The summed E-state index contributed by atoms with van der Waals surface area (Å²) in [5, 5.41) is 8.98. The van der Waals surface area contributed by atoms with Crippen molar-refractivity contribution in [2.24, 2.45) is 4.99 Å². The number of carboxylic acids is 1. The van der Waals surface area contributed by atoms with Gasteiger partial charge in [-0.1, -0.05) is 5.57 Å². The van der Waals surface area contributed by atoms with Crippen molar-refractivity contribution in [2.75, 3.05) is 11.4 Å². The van der Waals surface area contributed by atoms with Crippen LogP contribution in [-0.2, 0) is 16.0 Å². The van der Waals surface area contributed by atoms with E-state index in [9.17, 15) is 18.4 Å². The van der Waals surface area contributed by atoms with Crippen molar-refractivity contribution in [1.29, 1.82) is 0 Å². The average molecular weight is 411 g/mol. The van der Waals surface area contributed by atoms with Crippen LogP contribution in [0.5, 0.6) is 0 Å². The third kappa shape index (κ3) is 3.85. The van der Waals surface area contributed by atoms with Crippen LogP contribution in [-0.4, -0.2) is 34.2 Å². The Hall–Kier alpha value is -3.42. The van der Waals surface area contributed by atoms with E-state index in [4.69, 9.17) is 5.11 Å². The lowest BCUT2D eigenvalue weighted by atomic mass is 9.86. The number of pyridine rings is 1. The van der Waals surface area contributed by atoms with Crippen LogP contribution in [0.1, 0.15) is 36.9 Å². The standard InChI is InChI=1S/C22H19F2N3O3/c1-12-21-14(8-19(26-12)15-6-16(23)9-17(24)7-15)2-3-27(22(21)30)18-4-13(5-20(28)29)10-25-11-18/h4,6-7,9-11,19H,2-3,5,8H2,1H3,(H,28,29). The number of aliphatic carboxylic acids is 1. The van der Waals surface area contributed by atoms with Crippen molar-refractivity contribution in [2.45, 2.75) is 32.2 Å². The highest BCUT2D eigenvalue weighted by Gasteiger charge is 2.34. The quantitative estimate of drug-likeness (QED) is 0.833. The lowest BCUT2D eigenvalue weighted by Gasteiger charge is -2.34. The lowest BCUT2D eigenvalue weighted by molar-refractivity contribution is -0.136. The zero-order valence-corrected chi connectivity index (χ0v) is 16.2. The number of carbonyl (C=O) groups is 2. The van der Waals surface area contributed by atoms with Crippen molar-refractivity contribution in [3.8, 4) is 0 Å². The first-order valence-electron chi connectivity index (χ1n) is 9.52. The molecule has 1 aromatic heterocycles. The summed E-state index contributed by atoms with van der Waals surface area (Å²) in [6.07, 6.45) is 3.83. The molecule has 1 N–H and O–H groups in total. The summed E-state index contributed by atoms with van der Waals surface area (Å²) < 4.78 is 27.2. The summed E-state index contributed by atoms with van der Waals surface area (Å²) >= 11 is 0. The Labute approximate surface area is 171 Å². The number of rotatable bonds is 4. The van der Waals surface area contributed by atoms with Gasteiger partial charge in [0.25, 0.3) is 5.91 Å². The lowest BCUT2D eigenvalue weighted by Crippen LogP contribution is -2.40. The van der Waals surface area contributed by atoms with Gasteiger partial charge in [0.2, 0.25) is 0 Å². The summed E-state index contributed by atoms with van der Waals surface area (Å²) in [4.78, 5) is 34.3. The first-order valence-corrected chi connectivity index (χ1v) is 9.52. The molecule has 8 heteroatoms. The largest absolute Gasteiger partial charge is 0.481 e. The Bertz CT molecular complexity index is 1090. The molecule has 2 aliphatic heterocycles. The van der Waals surface area contributed by atoms with Crippen molar-refractivity contribution in [3.05, 3.63) is 70.6 Å². The van der Waals surface area contributed by atoms with Crippen LogP contribution in [0.3, 0.4) is 0 Å². The smallest absolute Gasteiger partial charge is 0.307 e. The third-order valence-corrected chi connectivity index (χ3v) is 5.32. The molecular formula is C22H19F2N3O3.